The Morgan fingerprint density at radius 1 is 0.689 bits per heavy atom. The fourth-order valence-corrected chi connectivity index (χ4v) is 15.6. The molecule has 318 valence electrons. The molecule has 4 aliphatic rings. The SMILES string of the molecule is Clc1cc(Br)c2c(c1)CCc1cc(Br)cnc1[C@@H]2C1CCNCC1.O=S(=O)(c1ccc(-c2ccon2)s1)N1CCC([C@H]2c3ncc(Br)cc3CCc3cc(Cl)cc(Br)c32)CC1. The van der Waals surface area contributed by atoms with Gasteiger partial charge in [-0.1, -0.05) is 60.2 Å². The Hall–Kier alpha value is -1.98. The number of hydrogen-bond acceptors (Lipinski definition) is 8. The van der Waals surface area contributed by atoms with Gasteiger partial charge in [-0.05, 0) is 190 Å². The van der Waals surface area contributed by atoms with Gasteiger partial charge in [0, 0.05) is 71.3 Å². The second-order valence-corrected chi connectivity index (χ2v) is 23.8. The van der Waals surface area contributed by atoms with E-state index in [2.05, 4.69) is 98.5 Å². The quantitative estimate of drug-likeness (QED) is 0.183. The number of rotatable bonds is 5. The molecule has 0 radical (unpaired) electrons. The van der Waals surface area contributed by atoms with Crippen molar-refractivity contribution in [1.29, 1.82) is 0 Å². The highest BCUT2D eigenvalue weighted by Crippen LogP contribution is 2.48. The van der Waals surface area contributed by atoms with Crippen LogP contribution in [0.5, 0.6) is 0 Å². The predicted octanol–water partition coefficient (Wildman–Crippen LogP) is 12.8. The smallest absolute Gasteiger partial charge is 0.252 e. The molecule has 6 heterocycles. The van der Waals surface area contributed by atoms with E-state index in [1.807, 2.05) is 24.5 Å². The van der Waals surface area contributed by atoms with Crippen LogP contribution in [0.2, 0.25) is 10.0 Å². The molecule has 2 fully saturated rings. The Balaban J connectivity index is 0.000000171. The molecule has 0 unspecified atom stereocenters. The number of hydrogen-bond donors (Lipinski definition) is 1. The summed E-state index contributed by atoms with van der Waals surface area (Å²) in [7, 11) is -3.59. The molecule has 16 heteroatoms. The average Bonchev–Trinajstić information content (AvgIpc) is 3.91. The molecular formula is C45H41Br4Cl2N5O3S2. The minimum atomic E-state index is -3.59. The van der Waals surface area contributed by atoms with Crippen molar-refractivity contribution in [2.45, 2.75) is 67.4 Å². The number of thiophene rings is 1. The summed E-state index contributed by atoms with van der Waals surface area (Å²) in [5.41, 5.74) is 10.8. The molecule has 4 aromatic heterocycles. The lowest BCUT2D eigenvalue weighted by atomic mass is 9.77. The van der Waals surface area contributed by atoms with Crippen LogP contribution in [0.25, 0.3) is 10.6 Å². The van der Waals surface area contributed by atoms with E-state index >= 15 is 0 Å². The monoisotopic (exact) mass is 1150 g/mol. The van der Waals surface area contributed by atoms with E-state index in [9.17, 15) is 8.42 Å². The van der Waals surface area contributed by atoms with E-state index in [0.29, 0.717) is 39.9 Å². The average molecular weight is 1150 g/mol. The van der Waals surface area contributed by atoms with Gasteiger partial charge in [0.2, 0.25) is 0 Å². The fraction of sp³-hybridized carbons (Fsp3) is 0.356. The molecule has 2 aliphatic carbocycles. The molecule has 61 heavy (non-hydrogen) atoms. The zero-order valence-corrected chi connectivity index (χ0v) is 42.3. The predicted molar refractivity (Wildman–Crippen MR) is 258 cm³/mol. The van der Waals surface area contributed by atoms with Crippen molar-refractivity contribution >= 4 is 108 Å². The van der Waals surface area contributed by atoms with Crippen LogP contribution in [0, 0.1) is 11.8 Å². The van der Waals surface area contributed by atoms with Crippen LogP contribution in [0.4, 0.5) is 0 Å². The van der Waals surface area contributed by atoms with Gasteiger partial charge in [-0.3, -0.25) is 9.97 Å². The second kappa shape index (κ2) is 18.9. The van der Waals surface area contributed by atoms with Gasteiger partial charge in [-0.25, -0.2) is 8.42 Å². The molecule has 2 aliphatic heterocycles. The first-order valence-electron chi connectivity index (χ1n) is 20.4. The van der Waals surface area contributed by atoms with Crippen molar-refractivity contribution in [3.63, 3.8) is 0 Å². The number of nitrogens with zero attached hydrogens (tertiary/aromatic N) is 4. The number of piperidine rings is 2. The van der Waals surface area contributed by atoms with Crippen LogP contribution >= 0.6 is 98.3 Å². The standard InChI is InChI=1S/C26H22Br2ClN3O3S2.C19H19Br2ClN2/c27-18-11-17-2-1-16-12-19(29)13-20(28)24(16)25(26(17)30-14-18)15-5-8-32(9-6-15)37(33,34)23-4-3-22(36-23)21-7-10-35-31-21;20-14-7-13-2-1-12-8-15(22)9-16(21)17(12)18(19(13)24-10-14)11-3-5-23-6-4-11/h3-4,7,10-15,25H,1-2,5-6,8-9H2;7-11,18,23H,1-6H2/t25-;18-/m11/s1. The Morgan fingerprint density at radius 2 is 1.21 bits per heavy atom. The lowest BCUT2D eigenvalue weighted by Crippen LogP contribution is -2.39. The normalized spacial score (nSPS) is 19.7. The second-order valence-electron chi connectivity index (χ2n) is 16.1. The molecule has 2 aromatic carbocycles. The summed E-state index contributed by atoms with van der Waals surface area (Å²) >= 11 is 28.8. The lowest BCUT2D eigenvalue weighted by molar-refractivity contribution is 0.255. The van der Waals surface area contributed by atoms with Gasteiger partial charge in [0.25, 0.3) is 10.0 Å². The maximum absolute atomic E-state index is 13.5. The third-order valence-corrected chi connectivity index (χ3v) is 18.6. The largest absolute Gasteiger partial charge is 0.364 e. The maximum Gasteiger partial charge on any atom is 0.252 e. The summed E-state index contributed by atoms with van der Waals surface area (Å²) in [5, 5.41) is 8.94. The lowest BCUT2D eigenvalue weighted by Gasteiger charge is -2.36. The summed E-state index contributed by atoms with van der Waals surface area (Å²) in [6.07, 6.45) is 13.0. The molecule has 0 saturated carbocycles. The summed E-state index contributed by atoms with van der Waals surface area (Å²) in [6, 6.07) is 17.8. The molecule has 0 amide bonds. The van der Waals surface area contributed by atoms with Crippen LogP contribution in [0.15, 0.2) is 99.9 Å². The maximum atomic E-state index is 13.5. The molecule has 0 spiro atoms. The first kappa shape index (κ1) is 44.2. The topological polar surface area (TPSA) is 101 Å². The Bertz CT molecular complexity index is 2690. The highest BCUT2D eigenvalue weighted by atomic mass is 79.9. The van der Waals surface area contributed by atoms with Crippen LogP contribution in [-0.4, -0.2) is 54.0 Å². The molecule has 1 N–H and O–H groups in total. The van der Waals surface area contributed by atoms with Crippen LogP contribution < -0.4 is 5.32 Å². The highest BCUT2D eigenvalue weighted by Gasteiger charge is 2.39. The Morgan fingerprint density at radius 3 is 1.74 bits per heavy atom. The number of benzene rings is 2. The van der Waals surface area contributed by atoms with Crippen molar-refractivity contribution in [3.05, 3.63) is 146 Å². The molecule has 2 saturated heterocycles. The summed E-state index contributed by atoms with van der Waals surface area (Å²) in [4.78, 5) is 10.5. The molecule has 10 rings (SSSR count). The van der Waals surface area contributed by atoms with E-state index in [-0.39, 0.29) is 11.8 Å². The minimum absolute atomic E-state index is 0.0672. The highest BCUT2D eigenvalue weighted by molar-refractivity contribution is 9.11. The van der Waals surface area contributed by atoms with Gasteiger partial charge in [0.1, 0.15) is 16.2 Å². The van der Waals surface area contributed by atoms with Gasteiger partial charge in [-0.2, -0.15) is 4.31 Å². The van der Waals surface area contributed by atoms with E-state index in [1.165, 1.54) is 69.5 Å². The summed E-state index contributed by atoms with van der Waals surface area (Å²) in [5.74, 6) is 1.28. The van der Waals surface area contributed by atoms with Crippen molar-refractivity contribution in [2.24, 2.45) is 11.8 Å². The number of nitrogens with one attached hydrogen (secondary N) is 1. The molecular weight excluding hydrogens is 1110 g/mol. The number of pyridine rings is 2. The van der Waals surface area contributed by atoms with E-state index < -0.39 is 10.0 Å². The third kappa shape index (κ3) is 9.29. The van der Waals surface area contributed by atoms with Crippen molar-refractivity contribution in [3.8, 4) is 10.6 Å². The van der Waals surface area contributed by atoms with Crippen molar-refractivity contribution in [2.75, 3.05) is 26.2 Å². The Kier molecular flexibility index (Phi) is 13.7. The minimum Gasteiger partial charge on any atom is -0.364 e. The van der Waals surface area contributed by atoms with Crippen LogP contribution in [0.3, 0.4) is 0 Å². The zero-order chi connectivity index (χ0) is 42.4. The van der Waals surface area contributed by atoms with Gasteiger partial charge in [-0.15, -0.1) is 11.3 Å². The molecule has 6 aromatic rings. The zero-order valence-electron chi connectivity index (χ0n) is 32.8. The fourth-order valence-electron chi connectivity index (χ4n) is 9.75. The van der Waals surface area contributed by atoms with Crippen molar-refractivity contribution < 1.29 is 12.9 Å². The van der Waals surface area contributed by atoms with Crippen LogP contribution in [-0.2, 0) is 35.7 Å². The van der Waals surface area contributed by atoms with Gasteiger partial charge >= 0.3 is 0 Å². The first-order chi connectivity index (χ1) is 29.4. The third-order valence-electron chi connectivity index (χ3n) is 12.5. The van der Waals surface area contributed by atoms with Crippen molar-refractivity contribution in [1.82, 2.24) is 24.7 Å². The first-order valence-corrected chi connectivity index (χ1v) is 26.6. The van der Waals surface area contributed by atoms with E-state index in [0.717, 1.165) is 85.1 Å². The van der Waals surface area contributed by atoms with Gasteiger partial charge < -0.3 is 9.84 Å². The van der Waals surface area contributed by atoms with Gasteiger partial charge in [0.05, 0.1) is 16.3 Å². The number of halogens is 6. The number of fused-ring (bicyclic) bond motifs is 4. The molecule has 2 atom stereocenters. The molecule has 8 nitrogen and oxygen atoms in total. The Labute approximate surface area is 404 Å². The number of sulfonamides is 1. The van der Waals surface area contributed by atoms with Gasteiger partial charge in [0.15, 0.2) is 0 Å². The van der Waals surface area contributed by atoms with Crippen LogP contribution in [0.1, 0.15) is 82.3 Å². The summed E-state index contributed by atoms with van der Waals surface area (Å²) < 4.78 is 38.0. The van der Waals surface area contributed by atoms with E-state index in [1.54, 1.807) is 22.5 Å². The number of aryl methyl sites for hydroxylation is 4. The summed E-state index contributed by atoms with van der Waals surface area (Å²) in [6.45, 7) is 3.11. The number of aromatic nitrogens is 3. The van der Waals surface area contributed by atoms with E-state index in [4.69, 9.17) is 37.7 Å². The molecule has 0 bridgehead atoms.